The van der Waals surface area contributed by atoms with Crippen LogP contribution in [-0.2, 0) is 0 Å². The number of hydrogen-bond acceptors (Lipinski definition) is 4. The minimum atomic E-state index is -1.24. The van der Waals surface area contributed by atoms with Gasteiger partial charge in [-0.15, -0.1) is 0 Å². The second-order valence-corrected chi connectivity index (χ2v) is 4.74. The van der Waals surface area contributed by atoms with E-state index in [2.05, 4.69) is 15.9 Å². The van der Waals surface area contributed by atoms with Gasteiger partial charge in [-0.05, 0) is 38.5 Å². The smallest absolute Gasteiger partial charge is 0.264 e. The summed E-state index contributed by atoms with van der Waals surface area (Å²) in [7, 11) is 0. The summed E-state index contributed by atoms with van der Waals surface area (Å²) < 4.78 is 1.26. The molecule has 1 unspecified atom stereocenters. The summed E-state index contributed by atoms with van der Waals surface area (Å²) in [4.78, 5) is 19.7. The second-order valence-electron chi connectivity index (χ2n) is 2.58. The third-order valence-electron chi connectivity index (χ3n) is 1.71. The van der Waals surface area contributed by atoms with Gasteiger partial charge in [-0.2, -0.15) is 0 Å². The van der Waals surface area contributed by atoms with E-state index < -0.39 is 15.9 Å². The monoisotopic (exact) mass is 374 g/mol. The summed E-state index contributed by atoms with van der Waals surface area (Å²) in [5.41, 5.74) is -0.373. The van der Waals surface area contributed by atoms with E-state index in [-0.39, 0.29) is 12.1 Å². The average Bonchev–Trinajstić information content (AvgIpc) is 2.08. The fourth-order valence-corrected chi connectivity index (χ4v) is 2.00. The number of halogens is 2. The van der Waals surface area contributed by atoms with Crippen LogP contribution in [0.25, 0.3) is 0 Å². The van der Waals surface area contributed by atoms with Gasteiger partial charge in [0.15, 0.2) is 0 Å². The maximum Gasteiger partial charge on any atom is 0.321 e. The van der Waals surface area contributed by atoms with Gasteiger partial charge in [0.1, 0.15) is 0 Å². The highest BCUT2D eigenvalue weighted by atomic mass is 127. The van der Waals surface area contributed by atoms with E-state index in [1.807, 2.05) is 22.6 Å². The van der Waals surface area contributed by atoms with Gasteiger partial charge in [-0.3, -0.25) is 20.2 Å². The molecule has 1 atom stereocenters. The second kappa shape index (κ2) is 4.34. The van der Waals surface area contributed by atoms with Crippen LogP contribution in [0.1, 0.15) is 6.42 Å². The molecule has 0 aliphatic heterocycles. The Morgan fingerprint density at radius 1 is 1.50 bits per heavy atom. The van der Waals surface area contributed by atoms with Crippen molar-refractivity contribution in [2.24, 2.45) is 0 Å². The molecule has 6 nitrogen and oxygen atoms in total. The van der Waals surface area contributed by atoms with E-state index in [9.17, 15) is 20.2 Å². The zero-order valence-electron chi connectivity index (χ0n) is 6.65. The maximum atomic E-state index is 10.5. The normalized spacial score (nSPS) is 21.9. The number of allylic oxidation sites excluding steroid dienone is 2. The van der Waals surface area contributed by atoms with Crippen LogP contribution in [0.4, 0.5) is 0 Å². The zero-order chi connectivity index (χ0) is 10.9. The number of hydrogen-bond donors (Lipinski definition) is 0. The van der Waals surface area contributed by atoms with E-state index in [0.29, 0.717) is 4.48 Å². The first kappa shape index (κ1) is 11.6. The minimum absolute atomic E-state index is 0.0704. The lowest BCUT2D eigenvalue weighted by molar-refractivity contribution is -0.554. The molecule has 0 spiro atoms. The molecule has 0 radical (unpaired) electrons. The fraction of sp³-hybridized carbons (Fsp3) is 0.333. The van der Waals surface area contributed by atoms with E-state index in [0.717, 1.165) is 3.58 Å². The minimum Gasteiger partial charge on any atom is -0.264 e. The molecule has 76 valence electrons. The lowest BCUT2D eigenvalue weighted by atomic mass is 10.1. The van der Waals surface area contributed by atoms with Gasteiger partial charge in [0, 0.05) is 19.1 Å². The van der Waals surface area contributed by atoms with Gasteiger partial charge >= 0.3 is 11.7 Å². The highest BCUT2D eigenvalue weighted by Crippen LogP contribution is 2.33. The maximum absolute atomic E-state index is 10.5. The van der Waals surface area contributed by atoms with Crippen molar-refractivity contribution in [3.63, 3.8) is 0 Å². The van der Waals surface area contributed by atoms with E-state index in [1.165, 1.54) is 6.08 Å². The Bertz CT molecular complexity index is 365. The van der Waals surface area contributed by atoms with Gasteiger partial charge in [0.25, 0.3) is 0 Å². The summed E-state index contributed by atoms with van der Waals surface area (Å²) in [5, 5.41) is 21.0. The summed E-state index contributed by atoms with van der Waals surface area (Å²) in [6, 6.07) is -1.24. The molecule has 1 aliphatic carbocycles. The number of rotatable bonds is 2. The molecule has 0 saturated heterocycles. The van der Waals surface area contributed by atoms with Crippen LogP contribution < -0.4 is 0 Å². The first-order chi connectivity index (χ1) is 6.43. The summed E-state index contributed by atoms with van der Waals surface area (Å²) >= 11 is 5.03. The molecule has 0 saturated carbocycles. The Labute approximate surface area is 101 Å². The van der Waals surface area contributed by atoms with Gasteiger partial charge in [-0.1, -0.05) is 0 Å². The predicted octanol–water partition coefficient (Wildman–Crippen LogP) is 2.24. The Kier molecular flexibility index (Phi) is 3.59. The van der Waals surface area contributed by atoms with Gasteiger partial charge in [0.2, 0.25) is 0 Å². The molecule has 1 rings (SSSR count). The van der Waals surface area contributed by atoms with E-state index >= 15 is 0 Å². The lowest BCUT2D eigenvalue weighted by Gasteiger charge is -2.11. The SMILES string of the molecule is O=[N+]([O-])C1=CC(Br)=C(I)CC1[N+](=O)[O-]. The van der Waals surface area contributed by atoms with Crippen LogP contribution in [0, 0.1) is 20.2 Å². The molecule has 1 aliphatic rings. The molecule has 0 aromatic heterocycles. The molecule has 14 heavy (non-hydrogen) atoms. The van der Waals surface area contributed by atoms with Crippen LogP contribution in [0.2, 0.25) is 0 Å². The van der Waals surface area contributed by atoms with Crippen LogP contribution in [0.15, 0.2) is 19.8 Å². The highest BCUT2D eigenvalue weighted by molar-refractivity contribution is 14.1. The largest absolute Gasteiger partial charge is 0.321 e. The summed E-state index contributed by atoms with van der Waals surface area (Å²) in [6.07, 6.45) is 1.26. The van der Waals surface area contributed by atoms with Crippen molar-refractivity contribution in [1.82, 2.24) is 0 Å². The molecular formula is C6H4BrIN2O4. The van der Waals surface area contributed by atoms with E-state index in [4.69, 9.17) is 0 Å². The number of nitro groups is 2. The number of nitrogens with zero attached hydrogens (tertiary/aromatic N) is 2. The fourth-order valence-electron chi connectivity index (χ4n) is 1.03. The Morgan fingerprint density at radius 2 is 2.07 bits per heavy atom. The third kappa shape index (κ3) is 2.29. The van der Waals surface area contributed by atoms with Crippen LogP contribution in [0.5, 0.6) is 0 Å². The average molecular weight is 375 g/mol. The molecule has 0 fully saturated rings. The molecular weight excluding hydrogens is 371 g/mol. The van der Waals surface area contributed by atoms with Crippen molar-refractivity contribution in [1.29, 1.82) is 0 Å². The summed E-state index contributed by atoms with van der Waals surface area (Å²) in [5.74, 6) is 0. The Balaban J connectivity index is 3.11. The first-order valence-electron chi connectivity index (χ1n) is 3.47. The van der Waals surface area contributed by atoms with Crippen molar-refractivity contribution >= 4 is 38.5 Å². The highest BCUT2D eigenvalue weighted by Gasteiger charge is 2.39. The standard InChI is InChI=1S/C6H4BrIN2O4/c7-3-1-5(9(11)12)6(10(13)14)2-4(3)8/h1,6H,2H2. The Hall–Kier alpha value is -0.510. The molecule has 0 heterocycles. The Morgan fingerprint density at radius 3 is 2.50 bits per heavy atom. The van der Waals surface area contributed by atoms with Crippen molar-refractivity contribution in [2.75, 3.05) is 0 Å². The molecule has 0 N–H and O–H groups in total. The van der Waals surface area contributed by atoms with Crippen molar-refractivity contribution < 1.29 is 9.85 Å². The first-order valence-corrected chi connectivity index (χ1v) is 5.34. The van der Waals surface area contributed by atoms with Crippen LogP contribution in [0.3, 0.4) is 0 Å². The lowest BCUT2D eigenvalue weighted by Crippen LogP contribution is -2.28. The quantitative estimate of drug-likeness (QED) is 0.421. The topological polar surface area (TPSA) is 86.3 Å². The van der Waals surface area contributed by atoms with Crippen molar-refractivity contribution in [3.05, 3.63) is 40.1 Å². The molecule has 0 amide bonds. The van der Waals surface area contributed by atoms with Crippen molar-refractivity contribution in [3.8, 4) is 0 Å². The van der Waals surface area contributed by atoms with Crippen LogP contribution in [-0.4, -0.2) is 15.9 Å². The van der Waals surface area contributed by atoms with E-state index in [1.54, 1.807) is 0 Å². The van der Waals surface area contributed by atoms with Gasteiger partial charge in [0.05, 0.1) is 11.3 Å². The van der Waals surface area contributed by atoms with Crippen molar-refractivity contribution in [2.45, 2.75) is 12.5 Å². The third-order valence-corrected chi connectivity index (χ3v) is 4.18. The predicted molar refractivity (Wildman–Crippen MR) is 60.4 cm³/mol. The molecule has 0 aromatic carbocycles. The van der Waals surface area contributed by atoms with Crippen LogP contribution >= 0.6 is 38.5 Å². The molecule has 0 bridgehead atoms. The molecule has 0 aromatic rings. The zero-order valence-corrected chi connectivity index (χ0v) is 10.4. The molecule has 8 heteroatoms. The summed E-state index contributed by atoms with van der Waals surface area (Å²) in [6.45, 7) is 0. The van der Waals surface area contributed by atoms with Gasteiger partial charge in [-0.25, -0.2) is 0 Å². The van der Waals surface area contributed by atoms with Gasteiger partial charge < -0.3 is 0 Å².